The van der Waals surface area contributed by atoms with E-state index in [1.165, 1.54) is 12.8 Å². The molecule has 1 aliphatic heterocycles. The molecule has 20 heavy (non-hydrogen) atoms. The van der Waals surface area contributed by atoms with Crippen molar-refractivity contribution in [3.63, 3.8) is 0 Å². The average Bonchev–Trinajstić information content (AvgIpc) is 3.22. The molecule has 114 valence electrons. The van der Waals surface area contributed by atoms with E-state index < -0.39 is 11.4 Å². The van der Waals surface area contributed by atoms with E-state index in [4.69, 9.17) is 4.74 Å². The number of ether oxygens (including phenoxy) is 1. The molecule has 1 atom stereocenters. The SMILES string of the molecule is CC1(C(=O)O)CCCN(C(=O)NCCOCC2CC2)C1. The molecule has 0 radical (unpaired) electrons. The molecule has 2 N–H and O–H groups in total. The van der Waals surface area contributed by atoms with Gasteiger partial charge in [0.05, 0.1) is 12.0 Å². The number of nitrogens with one attached hydrogen (secondary N) is 1. The van der Waals surface area contributed by atoms with Crippen LogP contribution >= 0.6 is 0 Å². The zero-order valence-electron chi connectivity index (χ0n) is 12.1. The van der Waals surface area contributed by atoms with Crippen molar-refractivity contribution < 1.29 is 19.4 Å². The van der Waals surface area contributed by atoms with E-state index in [2.05, 4.69) is 5.32 Å². The van der Waals surface area contributed by atoms with Crippen LogP contribution < -0.4 is 5.32 Å². The molecule has 1 saturated carbocycles. The number of carbonyl (C=O) groups is 2. The minimum absolute atomic E-state index is 0.188. The molecule has 2 fully saturated rings. The van der Waals surface area contributed by atoms with Crippen LogP contribution in [0.4, 0.5) is 4.79 Å². The Morgan fingerprint density at radius 1 is 1.45 bits per heavy atom. The Labute approximate surface area is 119 Å². The molecule has 1 saturated heterocycles. The fraction of sp³-hybridized carbons (Fsp3) is 0.857. The van der Waals surface area contributed by atoms with E-state index in [1.807, 2.05) is 0 Å². The van der Waals surface area contributed by atoms with Gasteiger partial charge in [-0.25, -0.2) is 4.79 Å². The molecule has 6 nitrogen and oxygen atoms in total. The summed E-state index contributed by atoms with van der Waals surface area (Å²) in [6.45, 7) is 4.39. The molecule has 2 rings (SSSR count). The van der Waals surface area contributed by atoms with Gasteiger partial charge in [-0.2, -0.15) is 0 Å². The van der Waals surface area contributed by atoms with Gasteiger partial charge in [0.1, 0.15) is 0 Å². The predicted octanol–water partition coefficient (Wildman–Crippen LogP) is 1.31. The normalized spacial score (nSPS) is 26.4. The highest BCUT2D eigenvalue weighted by Crippen LogP contribution is 2.30. The van der Waals surface area contributed by atoms with Gasteiger partial charge in [0.15, 0.2) is 0 Å². The molecule has 0 spiro atoms. The van der Waals surface area contributed by atoms with Gasteiger partial charge < -0.3 is 20.1 Å². The zero-order chi connectivity index (χ0) is 14.6. The largest absolute Gasteiger partial charge is 0.481 e. The number of carboxylic acids is 1. The average molecular weight is 284 g/mol. The number of piperidine rings is 1. The second kappa shape index (κ2) is 6.43. The maximum Gasteiger partial charge on any atom is 0.317 e. The van der Waals surface area contributed by atoms with Crippen molar-refractivity contribution in [3.05, 3.63) is 0 Å². The Hall–Kier alpha value is -1.30. The van der Waals surface area contributed by atoms with Gasteiger partial charge in [-0.3, -0.25) is 4.79 Å². The third kappa shape index (κ3) is 4.10. The molecular weight excluding hydrogens is 260 g/mol. The number of nitrogens with zero attached hydrogens (tertiary/aromatic N) is 1. The van der Waals surface area contributed by atoms with Crippen LogP contribution in [0.3, 0.4) is 0 Å². The maximum atomic E-state index is 12.0. The minimum Gasteiger partial charge on any atom is -0.481 e. The van der Waals surface area contributed by atoms with Gasteiger partial charge in [-0.05, 0) is 38.5 Å². The van der Waals surface area contributed by atoms with E-state index in [0.717, 1.165) is 18.9 Å². The van der Waals surface area contributed by atoms with Gasteiger partial charge >= 0.3 is 12.0 Å². The summed E-state index contributed by atoms with van der Waals surface area (Å²) in [4.78, 5) is 24.8. The Morgan fingerprint density at radius 3 is 2.85 bits per heavy atom. The summed E-state index contributed by atoms with van der Waals surface area (Å²) in [7, 11) is 0. The third-order valence-electron chi connectivity index (χ3n) is 4.07. The molecule has 0 aromatic carbocycles. The number of carboxylic acid groups (broad SMARTS) is 1. The van der Waals surface area contributed by atoms with Crippen molar-refractivity contribution in [2.45, 2.75) is 32.6 Å². The lowest BCUT2D eigenvalue weighted by Crippen LogP contribution is -2.51. The predicted molar refractivity (Wildman–Crippen MR) is 73.5 cm³/mol. The van der Waals surface area contributed by atoms with E-state index >= 15 is 0 Å². The number of likely N-dealkylation sites (tertiary alicyclic amines) is 1. The zero-order valence-corrected chi connectivity index (χ0v) is 12.1. The second-order valence-electron chi connectivity index (χ2n) is 6.14. The van der Waals surface area contributed by atoms with E-state index in [0.29, 0.717) is 26.1 Å². The first kappa shape index (κ1) is 15.1. The highest BCUT2D eigenvalue weighted by Gasteiger charge is 2.39. The van der Waals surface area contributed by atoms with Crippen molar-refractivity contribution in [1.82, 2.24) is 10.2 Å². The van der Waals surface area contributed by atoms with Gasteiger partial charge in [0.2, 0.25) is 0 Å². The number of amides is 2. The summed E-state index contributed by atoms with van der Waals surface area (Å²) >= 11 is 0. The highest BCUT2D eigenvalue weighted by molar-refractivity contribution is 5.78. The molecule has 0 aromatic heterocycles. The quantitative estimate of drug-likeness (QED) is 0.721. The summed E-state index contributed by atoms with van der Waals surface area (Å²) in [5.41, 5.74) is -0.821. The van der Waals surface area contributed by atoms with Crippen LogP contribution in [-0.2, 0) is 9.53 Å². The number of urea groups is 1. The van der Waals surface area contributed by atoms with Crippen molar-refractivity contribution in [3.8, 4) is 0 Å². The molecule has 2 amide bonds. The summed E-state index contributed by atoms with van der Waals surface area (Å²) < 4.78 is 5.45. The fourth-order valence-corrected chi connectivity index (χ4v) is 2.46. The van der Waals surface area contributed by atoms with E-state index in [-0.39, 0.29) is 12.6 Å². The first-order valence-electron chi connectivity index (χ1n) is 7.35. The number of hydrogen-bond acceptors (Lipinski definition) is 3. The first-order valence-corrected chi connectivity index (χ1v) is 7.35. The molecule has 6 heteroatoms. The minimum atomic E-state index is -0.831. The highest BCUT2D eigenvalue weighted by atomic mass is 16.5. The second-order valence-corrected chi connectivity index (χ2v) is 6.14. The van der Waals surface area contributed by atoms with Gasteiger partial charge in [0.25, 0.3) is 0 Å². The number of hydrogen-bond donors (Lipinski definition) is 2. The molecule has 0 bridgehead atoms. The fourth-order valence-electron chi connectivity index (χ4n) is 2.46. The molecule has 1 aliphatic carbocycles. The van der Waals surface area contributed by atoms with E-state index in [9.17, 15) is 14.7 Å². The standard InChI is InChI=1S/C14H24N2O4/c1-14(12(17)18)5-2-7-16(10-14)13(19)15-6-8-20-9-11-3-4-11/h11H,2-10H2,1H3,(H,15,19)(H,17,18). The van der Waals surface area contributed by atoms with Gasteiger partial charge in [0, 0.05) is 26.2 Å². The summed E-state index contributed by atoms with van der Waals surface area (Å²) in [6, 6.07) is -0.188. The molecular formula is C14H24N2O4. The van der Waals surface area contributed by atoms with Crippen molar-refractivity contribution in [2.24, 2.45) is 11.3 Å². The van der Waals surface area contributed by atoms with Crippen LogP contribution in [0, 0.1) is 11.3 Å². The van der Waals surface area contributed by atoms with Crippen LogP contribution in [0.1, 0.15) is 32.6 Å². The Morgan fingerprint density at radius 2 is 2.20 bits per heavy atom. The lowest BCUT2D eigenvalue weighted by Gasteiger charge is -2.37. The maximum absolute atomic E-state index is 12.0. The molecule has 1 unspecified atom stereocenters. The Kier molecular flexibility index (Phi) is 4.86. The van der Waals surface area contributed by atoms with Crippen molar-refractivity contribution in [2.75, 3.05) is 32.8 Å². The third-order valence-corrected chi connectivity index (χ3v) is 4.07. The number of rotatable bonds is 6. The van der Waals surface area contributed by atoms with Gasteiger partial charge in [-0.1, -0.05) is 0 Å². The lowest BCUT2D eigenvalue weighted by atomic mass is 9.82. The first-order chi connectivity index (χ1) is 9.51. The monoisotopic (exact) mass is 284 g/mol. The smallest absolute Gasteiger partial charge is 0.317 e. The van der Waals surface area contributed by atoms with Crippen LogP contribution in [-0.4, -0.2) is 54.9 Å². The van der Waals surface area contributed by atoms with E-state index in [1.54, 1.807) is 11.8 Å². The van der Waals surface area contributed by atoms with Gasteiger partial charge in [-0.15, -0.1) is 0 Å². The van der Waals surface area contributed by atoms with Crippen LogP contribution in [0.25, 0.3) is 0 Å². The summed E-state index contributed by atoms with van der Waals surface area (Å²) in [6.07, 6.45) is 3.87. The summed E-state index contributed by atoms with van der Waals surface area (Å²) in [5.74, 6) is -0.105. The Bertz CT molecular complexity index is 370. The van der Waals surface area contributed by atoms with Crippen molar-refractivity contribution in [1.29, 1.82) is 0 Å². The molecule has 1 heterocycles. The lowest BCUT2D eigenvalue weighted by molar-refractivity contribution is -0.150. The topological polar surface area (TPSA) is 78.9 Å². The number of carbonyl (C=O) groups excluding carboxylic acids is 1. The number of aliphatic carboxylic acids is 1. The van der Waals surface area contributed by atoms with Crippen molar-refractivity contribution >= 4 is 12.0 Å². The molecule has 2 aliphatic rings. The van der Waals surface area contributed by atoms with Crippen LogP contribution in [0.2, 0.25) is 0 Å². The Balaban J connectivity index is 1.67. The summed E-state index contributed by atoms with van der Waals surface area (Å²) in [5, 5.41) is 12.0. The van der Waals surface area contributed by atoms with Crippen LogP contribution in [0.5, 0.6) is 0 Å². The molecule has 0 aromatic rings. The van der Waals surface area contributed by atoms with Crippen LogP contribution in [0.15, 0.2) is 0 Å².